The Morgan fingerprint density at radius 2 is 1.82 bits per heavy atom. The van der Waals surface area contributed by atoms with Crippen molar-refractivity contribution in [3.05, 3.63) is 89.7 Å². The second kappa shape index (κ2) is 9.59. The van der Waals surface area contributed by atoms with Crippen LogP contribution in [0.5, 0.6) is 11.5 Å². The first kappa shape index (κ1) is 22.0. The molecule has 0 N–H and O–H groups in total. The number of benzene rings is 3. The van der Waals surface area contributed by atoms with Gasteiger partial charge < -0.3 is 18.9 Å². The molecule has 0 radical (unpaired) electrons. The minimum absolute atomic E-state index is 0.0529. The van der Waals surface area contributed by atoms with E-state index in [2.05, 4.69) is 23.6 Å². The monoisotopic (exact) mass is 455 g/mol. The highest BCUT2D eigenvalue weighted by molar-refractivity contribution is 5.81. The van der Waals surface area contributed by atoms with Crippen LogP contribution in [0.1, 0.15) is 29.3 Å². The highest BCUT2D eigenvalue weighted by atomic mass is 16.5. The van der Waals surface area contributed by atoms with Gasteiger partial charge in [-0.1, -0.05) is 36.4 Å². The van der Waals surface area contributed by atoms with Gasteiger partial charge in [0, 0.05) is 25.4 Å². The lowest BCUT2D eigenvalue weighted by Gasteiger charge is -2.18. The number of likely N-dealkylation sites (tertiary alicyclic amines) is 1. The van der Waals surface area contributed by atoms with Gasteiger partial charge in [0.2, 0.25) is 5.91 Å². The highest BCUT2D eigenvalue weighted by Gasteiger charge is 2.34. The first-order valence-corrected chi connectivity index (χ1v) is 11.7. The normalized spacial score (nSPS) is 15.8. The number of ether oxygens (including phenoxy) is 2. The fourth-order valence-electron chi connectivity index (χ4n) is 4.65. The van der Waals surface area contributed by atoms with Crippen molar-refractivity contribution < 1.29 is 14.3 Å². The third-order valence-electron chi connectivity index (χ3n) is 6.37. The summed E-state index contributed by atoms with van der Waals surface area (Å²) in [4.78, 5) is 19.8. The quantitative estimate of drug-likeness (QED) is 0.377. The molecule has 174 valence electrons. The number of fused-ring (bicyclic) bond motifs is 1. The molecule has 1 amide bonds. The van der Waals surface area contributed by atoms with Crippen molar-refractivity contribution in [2.45, 2.75) is 32.4 Å². The molecule has 1 fully saturated rings. The minimum atomic E-state index is 0.0529. The van der Waals surface area contributed by atoms with E-state index in [0.717, 1.165) is 33.9 Å². The van der Waals surface area contributed by atoms with E-state index in [9.17, 15) is 4.79 Å². The Bertz CT molecular complexity index is 1300. The predicted molar refractivity (Wildman–Crippen MR) is 132 cm³/mol. The number of methoxy groups -OCH3 is 1. The van der Waals surface area contributed by atoms with Crippen LogP contribution in [0.3, 0.4) is 0 Å². The van der Waals surface area contributed by atoms with Gasteiger partial charge in [-0.15, -0.1) is 0 Å². The van der Waals surface area contributed by atoms with Gasteiger partial charge in [-0.25, -0.2) is 4.98 Å². The SMILES string of the molecule is COc1ccc(CN2CC(c3nc4ccccc4n3CCOc3cccc(C)c3)CC2=O)cc1. The summed E-state index contributed by atoms with van der Waals surface area (Å²) >= 11 is 0. The van der Waals surface area contributed by atoms with Crippen LogP contribution in [0, 0.1) is 6.92 Å². The van der Waals surface area contributed by atoms with E-state index in [1.54, 1.807) is 7.11 Å². The summed E-state index contributed by atoms with van der Waals surface area (Å²) in [5, 5.41) is 0. The van der Waals surface area contributed by atoms with Gasteiger partial charge in [-0.05, 0) is 54.4 Å². The Morgan fingerprint density at radius 3 is 2.62 bits per heavy atom. The standard InChI is InChI=1S/C28H29N3O3/c1-20-6-5-7-24(16-20)34-15-14-31-26-9-4-3-8-25(26)29-28(31)22-17-27(32)30(19-22)18-21-10-12-23(33-2)13-11-21/h3-13,16,22H,14-15,17-19H2,1-2H3. The fraction of sp³-hybridized carbons (Fsp3) is 0.286. The van der Waals surface area contributed by atoms with E-state index in [4.69, 9.17) is 14.5 Å². The van der Waals surface area contributed by atoms with Crippen molar-refractivity contribution in [2.24, 2.45) is 0 Å². The molecule has 0 saturated carbocycles. The number of nitrogens with zero attached hydrogens (tertiary/aromatic N) is 3. The number of rotatable bonds is 8. The molecule has 6 nitrogen and oxygen atoms in total. The van der Waals surface area contributed by atoms with Crippen LogP contribution >= 0.6 is 0 Å². The van der Waals surface area contributed by atoms with Crippen LogP contribution in [0.2, 0.25) is 0 Å². The van der Waals surface area contributed by atoms with E-state index < -0.39 is 0 Å². The first-order chi connectivity index (χ1) is 16.6. The summed E-state index contributed by atoms with van der Waals surface area (Å²) in [6, 6.07) is 24.1. The van der Waals surface area contributed by atoms with E-state index in [-0.39, 0.29) is 11.8 Å². The Hall–Kier alpha value is -3.80. The van der Waals surface area contributed by atoms with Gasteiger partial charge in [-0.3, -0.25) is 4.79 Å². The third-order valence-corrected chi connectivity index (χ3v) is 6.37. The van der Waals surface area contributed by atoms with E-state index in [1.165, 1.54) is 5.56 Å². The molecule has 1 saturated heterocycles. The maximum Gasteiger partial charge on any atom is 0.223 e. The number of aromatic nitrogens is 2. The highest BCUT2D eigenvalue weighted by Crippen LogP contribution is 2.31. The van der Waals surface area contributed by atoms with E-state index in [0.29, 0.717) is 32.7 Å². The van der Waals surface area contributed by atoms with E-state index in [1.807, 2.05) is 65.6 Å². The zero-order valence-electron chi connectivity index (χ0n) is 19.6. The number of imidazole rings is 1. The van der Waals surface area contributed by atoms with Crippen molar-refractivity contribution >= 4 is 16.9 Å². The summed E-state index contributed by atoms with van der Waals surface area (Å²) in [7, 11) is 1.65. The molecule has 3 aromatic carbocycles. The predicted octanol–water partition coefficient (Wildman–Crippen LogP) is 4.95. The molecule has 1 aliphatic heterocycles. The number of hydrogen-bond donors (Lipinski definition) is 0. The minimum Gasteiger partial charge on any atom is -0.497 e. The maximum absolute atomic E-state index is 12.9. The van der Waals surface area contributed by atoms with Gasteiger partial charge in [0.25, 0.3) is 0 Å². The number of para-hydroxylation sites is 2. The van der Waals surface area contributed by atoms with Crippen molar-refractivity contribution in [1.82, 2.24) is 14.5 Å². The average molecular weight is 456 g/mol. The van der Waals surface area contributed by atoms with Gasteiger partial charge >= 0.3 is 0 Å². The topological polar surface area (TPSA) is 56.6 Å². The number of hydrogen-bond acceptors (Lipinski definition) is 4. The van der Waals surface area contributed by atoms with Crippen LogP contribution < -0.4 is 9.47 Å². The summed E-state index contributed by atoms with van der Waals surface area (Å²) < 4.78 is 13.5. The van der Waals surface area contributed by atoms with Gasteiger partial charge in [0.05, 0.1) is 24.7 Å². The Kier molecular flexibility index (Phi) is 6.21. The second-order valence-corrected chi connectivity index (χ2v) is 8.80. The van der Waals surface area contributed by atoms with Crippen LogP contribution in [0.4, 0.5) is 0 Å². The molecule has 1 aliphatic rings. The molecule has 0 bridgehead atoms. The zero-order chi connectivity index (χ0) is 23.5. The molecular weight excluding hydrogens is 426 g/mol. The third kappa shape index (κ3) is 4.62. The van der Waals surface area contributed by atoms with Crippen molar-refractivity contribution in [1.29, 1.82) is 0 Å². The van der Waals surface area contributed by atoms with Crippen molar-refractivity contribution in [3.8, 4) is 11.5 Å². The Labute approximate surface area is 199 Å². The average Bonchev–Trinajstić information content (AvgIpc) is 3.40. The maximum atomic E-state index is 12.9. The lowest BCUT2D eigenvalue weighted by molar-refractivity contribution is -0.128. The summed E-state index contributed by atoms with van der Waals surface area (Å²) in [6.45, 7) is 4.52. The van der Waals surface area contributed by atoms with Crippen molar-refractivity contribution in [3.63, 3.8) is 0 Å². The van der Waals surface area contributed by atoms with Gasteiger partial charge in [0.1, 0.15) is 23.9 Å². The molecule has 4 aromatic rings. The Morgan fingerprint density at radius 1 is 1.00 bits per heavy atom. The molecule has 5 rings (SSSR count). The number of aryl methyl sites for hydroxylation is 1. The fourth-order valence-corrected chi connectivity index (χ4v) is 4.65. The molecule has 2 heterocycles. The number of carbonyl (C=O) groups is 1. The number of amides is 1. The smallest absolute Gasteiger partial charge is 0.223 e. The molecule has 6 heteroatoms. The molecule has 1 unspecified atom stereocenters. The molecule has 34 heavy (non-hydrogen) atoms. The molecule has 0 aliphatic carbocycles. The van der Waals surface area contributed by atoms with Crippen LogP contribution in [0.15, 0.2) is 72.8 Å². The second-order valence-electron chi connectivity index (χ2n) is 8.80. The molecule has 1 atom stereocenters. The molecule has 1 aromatic heterocycles. The van der Waals surface area contributed by atoms with Gasteiger partial charge in [-0.2, -0.15) is 0 Å². The number of carbonyl (C=O) groups excluding carboxylic acids is 1. The lowest BCUT2D eigenvalue weighted by atomic mass is 10.1. The lowest BCUT2D eigenvalue weighted by Crippen LogP contribution is -2.24. The van der Waals surface area contributed by atoms with Crippen LogP contribution in [0.25, 0.3) is 11.0 Å². The summed E-state index contributed by atoms with van der Waals surface area (Å²) in [6.07, 6.45) is 0.470. The van der Waals surface area contributed by atoms with E-state index >= 15 is 0 Å². The summed E-state index contributed by atoms with van der Waals surface area (Å²) in [5.41, 5.74) is 4.29. The summed E-state index contributed by atoms with van der Waals surface area (Å²) in [5.74, 6) is 2.86. The first-order valence-electron chi connectivity index (χ1n) is 11.7. The molecular formula is C28H29N3O3. The zero-order valence-corrected chi connectivity index (χ0v) is 19.6. The van der Waals surface area contributed by atoms with Gasteiger partial charge in [0.15, 0.2) is 0 Å². The largest absolute Gasteiger partial charge is 0.497 e. The Balaban J connectivity index is 1.33. The van der Waals surface area contributed by atoms with Crippen molar-refractivity contribution in [2.75, 3.05) is 20.3 Å². The molecule has 0 spiro atoms. The van der Waals surface area contributed by atoms with Crippen LogP contribution in [-0.4, -0.2) is 40.6 Å². The van der Waals surface area contributed by atoms with Crippen LogP contribution in [-0.2, 0) is 17.9 Å².